The van der Waals surface area contributed by atoms with Crippen LogP contribution in [0.1, 0.15) is 18.4 Å². The highest BCUT2D eigenvalue weighted by Crippen LogP contribution is 2.18. The van der Waals surface area contributed by atoms with E-state index >= 15 is 0 Å². The minimum atomic E-state index is -0.662. The zero-order valence-electron chi connectivity index (χ0n) is 11.1. The topological polar surface area (TPSA) is 46.3 Å². The van der Waals surface area contributed by atoms with E-state index in [0.29, 0.717) is 25.6 Å². The maximum Gasteiger partial charge on any atom is 0.227 e. The van der Waals surface area contributed by atoms with Crippen LogP contribution in [0.15, 0.2) is 18.2 Å². The molecule has 1 aliphatic rings. The number of nitrogens with zero attached hydrogens (tertiary/aromatic N) is 1. The summed E-state index contributed by atoms with van der Waals surface area (Å²) in [4.78, 5) is 13.7. The summed E-state index contributed by atoms with van der Waals surface area (Å²) in [5, 5.41) is 0. The van der Waals surface area contributed by atoms with Crippen LogP contribution in [0.4, 0.5) is 8.78 Å². The number of hydrogen-bond donors (Lipinski definition) is 1. The molecule has 0 saturated carbocycles. The summed E-state index contributed by atoms with van der Waals surface area (Å²) in [5.41, 5.74) is 5.44. The summed E-state index contributed by atoms with van der Waals surface area (Å²) in [7, 11) is 0. The van der Waals surface area contributed by atoms with E-state index in [1.165, 1.54) is 18.2 Å². The van der Waals surface area contributed by atoms with E-state index in [2.05, 4.69) is 0 Å². The van der Waals surface area contributed by atoms with Crippen molar-refractivity contribution < 1.29 is 13.6 Å². The normalized spacial score (nSPS) is 15.8. The molecule has 0 spiro atoms. The van der Waals surface area contributed by atoms with Gasteiger partial charge in [0.05, 0.1) is 6.42 Å². The van der Waals surface area contributed by atoms with E-state index in [1.807, 2.05) is 0 Å². The number of piperidine rings is 1. The second kappa shape index (κ2) is 7.55. The Bertz CT molecular complexity index is 442. The maximum atomic E-state index is 13.5. The molecule has 0 radical (unpaired) electrons. The maximum absolute atomic E-state index is 13.5. The summed E-state index contributed by atoms with van der Waals surface area (Å²) in [5.74, 6) is -1.09. The molecule has 2 N–H and O–H groups in total. The van der Waals surface area contributed by atoms with Crippen LogP contribution in [0, 0.1) is 17.6 Å². The Morgan fingerprint density at radius 2 is 1.80 bits per heavy atom. The largest absolute Gasteiger partial charge is 0.342 e. The Morgan fingerprint density at radius 1 is 1.25 bits per heavy atom. The van der Waals surface area contributed by atoms with Crippen molar-refractivity contribution in [2.75, 3.05) is 19.6 Å². The second-order valence-electron chi connectivity index (χ2n) is 4.94. The molecule has 1 fully saturated rings. The number of carbonyl (C=O) groups is 1. The first-order valence-electron chi connectivity index (χ1n) is 6.52. The van der Waals surface area contributed by atoms with Gasteiger partial charge in [-0.1, -0.05) is 6.07 Å². The van der Waals surface area contributed by atoms with Gasteiger partial charge in [0, 0.05) is 18.7 Å². The lowest BCUT2D eigenvalue weighted by atomic mass is 9.96. The van der Waals surface area contributed by atoms with Gasteiger partial charge in [-0.2, -0.15) is 0 Å². The number of halogens is 3. The van der Waals surface area contributed by atoms with Gasteiger partial charge in [-0.3, -0.25) is 4.79 Å². The van der Waals surface area contributed by atoms with Crippen molar-refractivity contribution in [2.45, 2.75) is 19.3 Å². The third-order valence-electron chi connectivity index (χ3n) is 3.69. The zero-order chi connectivity index (χ0) is 13.8. The lowest BCUT2D eigenvalue weighted by Crippen LogP contribution is -2.41. The van der Waals surface area contributed by atoms with Crippen LogP contribution in [-0.2, 0) is 11.2 Å². The van der Waals surface area contributed by atoms with Gasteiger partial charge in [0.15, 0.2) is 0 Å². The summed E-state index contributed by atoms with van der Waals surface area (Å²) in [6.07, 6.45) is 1.51. The molecular formula is C14H19ClF2N2O. The van der Waals surface area contributed by atoms with Crippen molar-refractivity contribution in [1.29, 1.82) is 0 Å². The number of benzene rings is 1. The smallest absolute Gasteiger partial charge is 0.227 e. The quantitative estimate of drug-likeness (QED) is 0.930. The standard InChI is InChI=1S/C14H18F2N2O.ClH/c15-12-2-1-3-13(16)11(12)8-14(19)18-6-4-10(9-17)5-7-18;/h1-3,10H,4-9,17H2;1H. The number of hydrogen-bond acceptors (Lipinski definition) is 2. The lowest BCUT2D eigenvalue weighted by Gasteiger charge is -2.31. The summed E-state index contributed by atoms with van der Waals surface area (Å²) >= 11 is 0. The first-order chi connectivity index (χ1) is 9.11. The van der Waals surface area contributed by atoms with Crippen LogP contribution in [0.3, 0.4) is 0 Å². The Balaban J connectivity index is 0.00000200. The summed E-state index contributed by atoms with van der Waals surface area (Å²) in [6, 6.07) is 3.64. The number of carbonyl (C=O) groups excluding carboxylic acids is 1. The molecule has 1 aliphatic heterocycles. The van der Waals surface area contributed by atoms with E-state index in [-0.39, 0.29) is 30.3 Å². The number of amides is 1. The number of nitrogens with two attached hydrogens (primary N) is 1. The highest BCUT2D eigenvalue weighted by atomic mass is 35.5. The van der Waals surface area contributed by atoms with Crippen molar-refractivity contribution in [1.82, 2.24) is 4.90 Å². The summed E-state index contributed by atoms with van der Waals surface area (Å²) < 4.78 is 26.9. The predicted molar refractivity (Wildman–Crippen MR) is 75.7 cm³/mol. The zero-order valence-corrected chi connectivity index (χ0v) is 12.0. The molecule has 1 amide bonds. The average Bonchev–Trinajstić information content (AvgIpc) is 2.43. The second-order valence-corrected chi connectivity index (χ2v) is 4.94. The van der Waals surface area contributed by atoms with Gasteiger partial charge in [-0.25, -0.2) is 8.78 Å². The highest BCUT2D eigenvalue weighted by molar-refractivity contribution is 5.85. The van der Waals surface area contributed by atoms with Crippen LogP contribution in [0.2, 0.25) is 0 Å². The van der Waals surface area contributed by atoms with Gasteiger partial charge in [0.2, 0.25) is 5.91 Å². The number of likely N-dealkylation sites (tertiary alicyclic amines) is 1. The molecule has 2 rings (SSSR count). The van der Waals surface area contributed by atoms with Crippen LogP contribution < -0.4 is 5.73 Å². The molecule has 1 aromatic carbocycles. The Labute approximate surface area is 123 Å². The third-order valence-corrected chi connectivity index (χ3v) is 3.69. The SMILES string of the molecule is Cl.NCC1CCN(C(=O)Cc2c(F)cccc2F)CC1. The lowest BCUT2D eigenvalue weighted by molar-refractivity contribution is -0.131. The molecule has 6 heteroatoms. The van der Waals surface area contributed by atoms with Crippen molar-refractivity contribution in [3.05, 3.63) is 35.4 Å². The molecule has 0 atom stereocenters. The molecule has 0 unspecified atom stereocenters. The van der Waals surface area contributed by atoms with Crippen LogP contribution in [0.5, 0.6) is 0 Å². The van der Waals surface area contributed by atoms with Crippen molar-refractivity contribution in [2.24, 2.45) is 11.7 Å². The molecule has 0 aliphatic carbocycles. The van der Waals surface area contributed by atoms with Gasteiger partial charge < -0.3 is 10.6 Å². The predicted octanol–water partition coefficient (Wildman–Crippen LogP) is 2.13. The molecule has 112 valence electrons. The van der Waals surface area contributed by atoms with Gasteiger partial charge in [-0.15, -0.1) is 12.4 Å². The summed E-state index contributed by atoms with van der Waals surface area (Å²) in [6.45, 7) is 1.87. The fourth-order valence-corrected chi connectivity index (χ4v) is 2.38. The van der Waals surface area contributed by atoms with E-state index in [9.17, 15) is 13.6 Å². The van der Waals surface area contributed by atoms with Gasteiger partial charge in [-0.05, 0) is 37.4 Å². The van der Waals surface area contributed by atoms with Crippen LogP contribution >= 0.6 is 12.4 Å². The molecule has 0 aromatic heterocycles. The van der Waals surface area contributed by atoms with E-state index in [4.69, 9.17) is 5.73 Å². The van der Waals surface area contributed by atoms with E-state index < -0.39 is 11.6 Å². The Hall–Kier alpha value is -1.20. The molecule has 1 aromatic rings. The number of rotatable bonds is 3. The fourth-order valence-electron chi connectivity index (χ4n) is 2.38. The molecular weight excluding hydrogens is 286 g/mol. The highest BCUT2D eigenvalue weighted by Gasteiger charge is 2.23. The van der Waals surface area contributed by atoms with Gasteiger partial charge >= 0.3 is 0 Å². The van der Waals surface area contributed by atoms with Gasteiger partial charge in [0.25, 0.3) is 0 Å². The van der Waals surface area contributed by atoms with Gasteiger partial charge in [0.1, 0.15) is 11.6 Å². The molecule has 0 bridgehead atoms. The Morgan fingerprint density at radius 3 is 2.30 bits per heavy atom. The van der Waals surface area contributed by atoms with Crippen LogP contribution in [0.25, 0.3) is 0 Å². The van der Waals surface area contributed by atoms with E-state index in [0.717, 1.165) is 12.8 Å². The monoisotopic (exact) mass is 304 g/mol. The first-order valence-corrected chi connectivity index (χ1v) is 6.52. The van der Waals surface area contributed by atoms with Crippen molar-refractivity contribution in [3.8, 4) is 0 Å². The average molecular weight is 305 g/mol. The molecule has 3 nitrogen and oxygen atoms in total. The van der Waals surface area contributed by atoms with Crippen LogP contribution in [-0.4, -0.2) is 30.4 Å². The third kappa shape index (κ3) is 3.90. The Kier molecular flexibility index (Phi) is 6.36. The van der Waals surface area contributed by atoms with Crippen molar-refractivity contribution in [3.63, 3.8) is 0 Å². The molecule has 1 saturated heterocycles. The van der Waals surface area contributed by atoms with E-state index in [1.54, 1.807) is 4.90 Å². The minimum Gasteiger partial charge on any atom is -0.342 e. The first kappa shape index (κ1) is 16.9. The molecule has 20 heavy (non-hydrogen) atoms. The minimum absolute atomic E-state index is 0. The van der Waals surface area contributed by atoms with Crippen molar-refractivity contribution >= 4 is 18.3 Å². The molecule has 1 heterocycles. The fraction of sp³-hybridized carbons (Fsp3) is 0.500.